The molecule has 0 saturated carbocycles. The average Bonchev–Trinajstić information content (AvgIpc) is 1.44. The number of rotatable bonds is 40. The lowest BCUT2D eigenvalue weighted by atomic mass is 10.0. The fraction of sp³-hybridized carbons (Fsp3) is 0.612. The van der Waals surface area contributed by atoms with E-state index < -0.39 is 215 Å². The summed E-state index contributed by atoms with van der Waals surface area (Å²) >= 11 is 24.6. The van der Waals surface area contributed by atoms with E-state index in [0.29, 0.717) is 6.42 Å². The molecule has 7 N–H and O–H groups in total. The SMILES string of the molecule is [C-]#[N+]CCOP(=S)(OC[C@H]1O[C@@H](n2cc(C)c(=O)[nH]c2=O)C[C@H]1OP(=S)(OCC[N+]#[C-])OC[C@H]1O[C@@H](n2cnc3c(=O)[nH]c(NC(=O)C(C)C)nc32)C[C@H]1OP(=S)(OCC[N+]#[C-])OC[C@H]1O[C@@H](n2cc(C)c(=O)[nH]c2=O)C[C@H]1OP(=S)(OCC[N+]#[C-])OC[C@H]1O[C@@H](n2cc(C)c(=O)[nH]c2=O)C[C@H]1C)O[C@@H]1C[C@H](n2cc(C)c(=O)[nH]c2=O)O[C@@H]1CO. The van der Waals surface area contributed by atoms with Gasteiger partial charge in [0.05, 0.1) is 69.9 Å². The second-order valence-electron chi connectivity index (χ2n) is 28.2. The van der Waals surface area contributed by atoms with Gasteiger partial charge in [0.1, 0.15) is 82.0 Å². The van der Waals surface area contributed by atoms with Crippen LogP contribution >= 0.6 is 26.9 Å². The Bertz CT molecular complexity index is 5730. The Labute approximate surface area is 701 Å². The minimum atomic E-state index is -4.40. The molecule has 120 heavy (non-hydrogen) atoms. The maximum absolute atomic E-state index is 13.7. The zero-order valence-electron chi connectivity index (χ0n) is 65.2. The first-order valence-electron chi connectivity index (χ1n) is 37.1. The summed E-state index contributed by atoms with van der Waals surface area (Å²) in [5, 5.41) is 13.2. The summed E-state index contributed by atoms with van der Waals surface area (Å²) < 4.78 is 115. The van der Waals surface area contributed by atoms with E-state index >= 15 is 0 Å². The normalized spacial score (nSPS) is 26.2. The van der Waals surface area contributed by atoms with E-state index in [1.165, 1.54) is 67.9 Å². The first-order chi connectivity index (χ1) is 57.1. The van der Waals surface area contributed by atoms with Gasteiger partial charge in [-0.15, -0.1) is 0 Å². The van der Waals surface area contributed by atoms with Crippen LogP contribution in [0.1, 0.15) is 106 Å². The molecule has 53 heteroatoms. The van der Waals surface area contributed by atoms with Crippen molar-refractivity contribution in [2.75, 3.05) is 91.0 Å². The third kappa shape index (κ3) is 23.0. The summed E-state index contributed by atoms with van der Waals surface area (Å²) in [5.41, 5.74) is -6.34. The number of ether oxygens (including phenoxy) is 5. The zero-order valence-corrected chi connectivity index (χ0v) is 72.0. The Morgan fingerprint density at radius 1 is 0.475 bits per heavy atom. The van der Waals surface area contributed by atoms with Crippen LogP contribution in [0.15, 0.2) is 74.3 Å². The lowest BCUT2D eigenvalue weighted by Crippen LogP contribution is -2.33. The minimum absolute atomic E-state index is 0.0940. The number of aryl methyl sites for hydroxylation is 4. The molecular formula is C67H85N17O28P4S4. The van der Waals surface area contributed by atoms with Crippen LogP contribution in [0.5, 0.6) is 0 Å². The number of aromatic nitrogens is 12. The highest BCUT2D eigenvalue weighted by molar-refractivity contribution is 8.08. The second-order valence-corrected chi connectivity index (χ2v) is 40.0. The highest BCUT2D eigenvalue weighted by Crippen LogP contribution is 2.60. The standard InChI is InChI=1S/C67H85N17O28P4S4/c1-35(2)57(86)74-63-73-56-55(62(91)75-63)72-34-84(56)54-24-44(112-116(120,99-19-15-71-11)102-32-48-42(22-52(107-48)82-27-39(6)60(89)78-66(82)94)110-113(117,96-16-12-68-8)100-30-46-36(3)20-50(105-46)80-25-37(4)58(87)76-64(80)92)49(108-54)33-103-115(119,98-18-14-70-10)111-43-23-53(83-28-40(7)61(90)79-67(83)95)106-47(43)31-101-114(118,97-17-13-69-9)109-41-21-51(104-45(41)29-85)81-26-38(5)59(88)77-65(81)93/h25-28,34-36,41-54,85H,12-24,29-33H2,1-7H3,(H,76,87,92)(H,77,88,93)(H,78,89,94)(H,79,90,95)(H2,73,74,75,86,91)/t36-,41-,42-,43-,44-,45-,46-,47-,48-,49-,50-,51-,52-,53-,54-,113?,114?,115?,116?/m1/s1. The summed E-state index contributed by atoms with van der Waals surface area (Å²) in [6, 6.07) is 0. The summed E-state index contributed by atoms with van der Waals surface area (Å²) in [6.45, 7) is 19.0. The van der Waals surface area contributed by atoms with Crippen molar-refractivity contribution < 1.29 is 87.9 Å². The fourth-order valence-electron chi connectivity index (χ4n) is 13.0. The first kappa shape index (κ1) is 93.1. The highest BCUT2D eigenvalue weighted by atomic mass is 32.5. The molecule has 6 aromatic heterocycles. The lowest BCUT2D eigenvalue weighted by molar-refractivity contribution is -0.119. The number of aliphatic hydroxyl groups is 1. The summed E-state index contributed by atoms with van der Waals surface area (Å²) in [6.07, 6.45) is -11.2. The minimum Gasteiger partial charge on any atom is -0.394 e. The summed E-state index contributed by atoms with van der Waals surface area (Å²) in [5.74, 6) is -1.60. The maximum Gasteiger partial charge on any atom is 0.330 e. The third-order valence-electron chi connectivity index (χ3n) is 19.2. The van der Waals surface area contributed by atoms with Crippen molar-refractivity contribution >= 4 is 97.1 Å². The molecule has 45 nitrogen and oxygen atoms in total. The van der Waals surface area contributed by atoms with Gasteiger partial charge in [0.15, 0.2) is 11.2 Å². The number of amides is 1. The van der Waals surface area contributed by atoms with Crippen molar-refractivity contribution in [3.05, 3.63) is 193 Å². The number of carbonyl (C=O) groups excluding carboxylic acids is 1. The van der Waals surface area contributed by atoms with Gasteiger partial charge in [0, 0.05) is 78.6 Å². The van der Waals surface area contributed by atoms with Crippen LogP contribution in [0.3, 0.4) is 0 Å². The Balaban J connectivity index is 0.908. The van der Waals surface area contributed by atoms with E-state index in [9.17, 15) is 53.1 Å². The molecule has 19 atom stereocenters. The predicted octanol–water partition coefficient (Wildman–Crippen LogP) is 3.46. The van der Waals surface area contributed by atoms with E-state index in [4.69, 9.17) is 151 Å². The van der Waals surface area contributed by atoms with Gasteiger partial charge in [-0.1, -0.05) is 20.8 Å². The Morgan fingerprint density at radius 2 is 0.775 bits per heavy atom. The molecule has 6 aromatic rings. The Morgan fingerprint density at radius 3 is 1.10 bits per heavy atom. The maximum atomic E-state index is 13.7. The topological polar surface area (TPSA) is 507 Å². The number of fused-ring (bicyclic) bond motifs is 1. The number of carbonyl (C=O) groups is 1. The number of H-pyrrole nitrogens is 5. The van der Waals surface area contributed by atoms with Gasteiger partial charge in [-0.3, -0.25) is 81.8 Å². The van der Waals surface area contributed by atoms with Gasteiger partial charge in [0.2, 0.25) is 38.0 Å². The summed E-state index contributed by atoms with van der Waals surface area (Å²) in [7, 11) is 0. The molecule has 11 heterocycles. The quantitative estimate of drug-likeness (QED) is 0.0164. The largest absolute Gasteiger partial charge is 0.394 e. The number of aliphatic hydroxyl groups excluding tert-OH is 1. The van der Waals surface area contributed by atoms with E-state index in [0.717, 1.165) is 13.7 Å². The fourth-order valence-corrected chi connectivity index (χ4v) is 21.4. The number of anilines is 1. The average molecular weight is 1830 g/mol. The van der Waals surface area contributed by atoms with Crippen LogP contribution in [0, 0.1) is 65.8 Å². The monoisotopic (exact) mass is 1830 g/mol. The van der Waals surface area contributed by atoms with Gasteiger partial charge in [0.25, 0.3) is 27.8 Å². The third-order valence-corrected chi connectivity index (χ3v) is 28.8. The smallest absolute Gasteiger partial charge is 0.330 e. The number of hydrogen-bond donors (Lipinski definition) is 7. The molecule has 5 saturated heterocycles. The van der Waals surface area contributed by atoms with Gasteiger partial charge in [-0.2, -0.15) is 4.98 Å². The van der Waals surface area contributed by atoms with Crippen molar-refractivity contribution in [2.24, 2.45) is 11.8 Å². The first-order valence-corrected chi connectivity index (χ1v) is 47.4. The van der Waals surface area contributed by atoms with Gasteiger partial charge >= 0.3 is 49.6 Å². The molecule has 4 unspecified atom stereocenters. The molecule has 1 amide bonds. The molecule has 11 rings (SSSR count). The van der Waals surface area contributed by atoms with Crippen LogP contribution < -0.4 is 55.9 Å². The molecule has 0 spiro atoms. The summed E-state index contributed by atoms with van der Waals surface area (Å²) in [4.78, 5) is 164. The molecule has 0 aliphatic carbocycles. The van der Waals surface area contributed by atoms with Gasteiger partial charge in [-0.05, 0) is 87.3 Å². The molecule has 0 bridgehead atoms. The van der Waals surface area contributed by atoms with E-state index in [1.807, 2.05) is 6.92 Å². The number of imidazole rings is 1. The van der Waals surface area contributed by atoms with E-state index in [2.05, 4.69) is 59.6 Å². The molecule has 5 aliphatic heterocycles. The van der Waals surface area contributed by atoms with E-state index in [-0.39, 0.29) is 117 Å². The number of nitrogens with zero attached hydrogens (tertiary/aromatic N) is 11. The van der Waals surface area contributed by atoms with Crippen molar-refractivity contribution in [1.82, 2.24) is 57.7 Å². The van der Waals surface area contributed by atoms with Crippen molar-refractivity contribution in [3.63, 3.8) is 0 Å². The lowest BCUT2D eigenvalue weighted by Gasteiger charge is -2.31. The zero-order chi connectivity index (χ0) is 86.7. The molecule has 5 aliphatic rings. The van der Waals surface area contributed by atoms with Crippen LogP contribution in [0.25, 0.3) is 30.5 Å². The Kier molecular flexibility index (Phi) is 31.6. The number of nitrogens with one attached hydrogen (secondary N) is 6. The molecular weight excluding hydrogens is 1740 g/mol. The van der Waals surface area contributed by atoms with Gasteiger partial charge in [-0.25, -0.2) is 50.5 Å². The second kappa shape index (κ2) is 40.8. The highest BCUT2D eigenvalue weighted by Gasteiger charge is 2.50. The van der Waals surface area contributed by atoms with Crippen molar-refractivity contribution in [2.45, 2.75) is 167 Å². The Hall–Kier alpha value is -7.62. The molecule has 5 fully saturated rings. The predicted molar refractivity (Wildman–Crippen MR) is 435 cm³/mol. The van der Waals surface area contributed by atoms with Crippen LogP contribution in [0.2, 0.25) is 0 Å². The van der Waals surface area contributed by atoms with Crippen LogP contribution in [-0.4, -0.2) is 209 Å². The van der Waals surface area contributed by atoms with E-state index in [1.54, 1.807) is 13.8 Å². The number of aromatic amines is 5. The number of hydrogen-bond acceptors (Lipinski definition) is 34. The van der Waals surface area contributed by atoms with Crippen LogP contribution in [0.4, 0.5) is 5.95 Å². The van der Waals surface area contributed by atoms with Crippen molar-refractivity contribution in [3.8, 4) is 0 Å². The van der Waals surface area contributed by atoms with Crippen LogP contribution in [-0.2, 0) is 130 Å². The molecule has 0 aromatic carbocycles. The molecule has 0 radical (unpaired) electrons. The van der Waals surface area contributed by atoms with Gasteiger partial charge < -0.3 is 102 Å². The van der Waals surface area contributed by atoms with Crippen molar-refractivity contribution in [1.29, 1.82) is 0 Å². The molecule has 650 valence electrons.